The predicted octanol–water partition coefficient (Wildman–Crippen LogP) is 2.95. The van der Waals surface area contributed by atoms with Gasteiger partial charge < -0.3 is 14.2 Å². The zero-order valence-corrected chi connectivity index (χ0v) is 17.3. The Balaban J connectivity index is 1.73. The first-order chi connectivity index (χ1) is 14.6. The first-order valence-corrected chi connectivity index (χ1v) is 9.92. The number of para-hydroxylation sites is 1. The summed E-state index contributed by atoms with van der Waals surface area (Å²) in [4.78, 5) is 17.9. The quantitative estimate of drug-likeness (QED) is 0.427. The largest absolute Gasteiger partial charge is 0.496 e. The van der Waals surface area contributed by atoms with Gasteiger partial charge >= 0.3 is 0 Å². The summed E-state index contributed by atoms with van der Waals surface area (Å²) in [5, 5.41) is 4.38. The molecule has 152 valence electrons. The van der Waals surface area contributed by atoms with Gasteiger partial charge in [-0.05, 0) is 35.9 Å². The second-order valence-corrected chi connectivity index (χ2v) is 7.26. The number of methoxy groups -OCH3 is 2. The van der Waals surface area contributed by atoms with Gasteiger partial charge in [-0.1, -0.05) is 42.2 Å². The fraction of sp³-hybridized carbons (Fsp3) is 0.136. The molecule has 4 aromatic rings. The number of thiazole rings is 1. The Kier molecular flexibility index (Phi) is 5.49. The number of ether oxygens (including phenoxy) is 3. The third-order valence-corrected chi connectivity index (χ3v) is 5.33. The van der Waals surface area contributed by atoms with Crippen LogP contribution < -0.4 is 24.3 Å². The van der Waals surface area contributed by atoms with E-state index < -0.39 is 0 Å². The van der Waals surface area contributed by atoms with E-state index in [-0.39, 0.29) is 5.56 Å². The van der Waals surface area contributed by atoms with E-state index in [0.717, 1.165) is 11.1 Å². The first kappa shape index (κ1) is 19.7. The van der Waals surface area contributed by atoms with Crippen LogP contribution in [-0.2, 0) is 0 Å². The van der Waals surface area contributed by atoms with Crippen LogP contribution in [0.2, 0.25) is 0 Å². The monoisotopic (exact) mass is 421 g/mol. The maximum absolute atomic E-state index is 12.8. The summed E-state index contributed by atoms with van der Waals surface area (Å²) >= 11 is 1.27. The highest BCUT2D eigenvalue weighted by Gasteiger charge is 2.15. The molecule has 2 heterocycles. The Hall–Kier alpha value is -3.65. The molecule has 4 rings (SSSR count). The number of rotatable bonds is 7. The maximum Gasteiger partial charge on any atom is 0.291 e. The summed E-state index contributed by atoms with van der Waals surface area (Å²) in [5.41, 5.74) is 1.32. The van der Waals surface area contributed by atoms with Crippen molar-refractivity contribution >= 4 is 22.4 Å². The van der Waals surface area contributed by atoms with Crippen molar-refractivity contribution in [2.24, 2.45) is 0 Å². The molecule has 7 nitrogen and oxygen atoms in total. The molecule has 0 bridgehead atoms. The molecule has 0 spiro atoms. The summed E-state index contributed by atoms with van der Waals surface area (Å²) in [7, 11) is 3.16. The number of aromatic nitrogens is 3. The zero-order chi connectivity index (χ0) is 21.1. The average molecular weight is 421 g/mol. The smallest absolute Gasteiger partial charge is 0.291 e. The lowest BCUT2D eigenvalue weighted by molar-refractivity contribution is 0.326. The highest BCUT2D eigenvalue weighted by molar-refractivity contribution is 7.15. The van der Waals surface area contributed by atoms with E-state index >= 15 is 0 Å². The Labute approximate surface area is 176 Å². The molecule has 0 fully saturated rings. The minimum Gasteiger partial charge on any atom is -0.496 e. The van der Waals surface area contributed by atoms with Crippen LogP contribution in [0.4, 0.5) is 0 Å². The highest BCUT2D eigenvalue weighted by Crippen LogP contribution is 2.29. The van der Waals surface area contributed by atoms with Crippen molar-refractivity contribution in [1.82, 2.24) is 14.6 Å². The molecule has 0 aliphatic carbocycles. The molecule has 0 aliphatic rings. The maximum atomic E-state index is 12.8. The Bertz CT molecular complexity index is 1330. The Morgan fingerprint density at radius 1 is 1.10 bits per heavy atom. The molecule has 0 unspecified atom stereocenters. The fourth-order valence-corrected chi connectivity index (χ4v) is 3.88. The van der Waals surface area contributed by atoms with Gasteiger partial charge in [-0.15, -0.1) is 5.10 Å². The van der Waals surface area contributed by atoms with Crippen LogP contribution in [0.1, 0.15) is 5.56 Å². The van der Waals surface area contributed by atoms with Gasteiger partial charge in [0.05, 0.1) is 24.3 Å². The second-order valence-electron chi connectivity index (χ2n) is 6.26. The van der Waals surface area contributed by atoms with Crippen LogP contribution in [-0.4, -0.2) is 35.4 Å². The van der Waals surface area contributed by atoms with E-state index in [2.05, 4.69) is 16.7 Å². The molecule has 0 atom stereocenters. The summed E-state index contributed by atoms with van der Waals surface area (Å²) < 4.78 is 18.2. The van der Waals surface area contributed by atoms with Crippen LogP contribution in [0.3, 0.4) is 0 Å². The summed E-state index contributed by atoms with van der Waals surface area (Å²) in [6.45, 7) is 4.02. The van der Waals surface area contributed by atoms with E-state index in [9.17, 15) is 4.79 Å². The van der Waals surface area contributed by atoms with Gasteiger partial charge in [0.25, 0.3) is 5.56 Å². The fourth-order valence-electron chi connectivity index (χ4n) is 2.97. The molecular weight excluding hydrogens is 402 g/mol. The third-order valence-electron chi connectivity index (χ3n) is 4.37. The number of benzene rings is 2. The van der Waals surface area contributed by atoms with Gasteiger partial charge in [-0.3, -0.25) is 4.79 Å². The van der Waals surface area contributed by atoms with Crippen molar-refractivity contribution in [3.63, 3.8) is 0 Å². The molecule has 8 heteroatoms. The van der Waals surface area contributed by atoms with E-state index in [0.29, 0.717) is 39.2 Å². The Morgan fingerprint density at radius 2 is 1.90 bits per heavy atom. The van der Waals surface area contributed by atoms with Gasteiger partial charge in [0.1, 0.15) is 12.4 Å². The third kappa shape index (κ3) is 3.65. The molecule has 0 aliphatic heterocycles. The van der Waals surface area contributed by atoms with Gasteiger partial charge in [0, 0.05) is 0 Å². The first-order valence-electron chi connectivity index (χ1n) is 9.11. The van der Waals surface area contributed by atoms with Crippen molar-refractivity contribution in [3.8, 4) is 28.6 Å². The van der Waals surface area contributed by atoms with Crippen molar-refractivity contribution in [1.29, 1.82) is 0 Å². The topological polar surface area (TPSA) is 75.0 Å². The van der Waals surface area contributed by atoms with Crippen LogP contribution in [0, 0.1) is 0 Å². The van der Waals surface area contributed by atoms with Crippen molar-refractivity contribution in [2.75, 3.05) is 20.8 Å². The molecule has 0 saturated heterocycles. The lowest BCUT2D eigenvalue weighted by Crippen LogP contribution is -2.23. The highest BCUT2D eigenvalue weighted by atomic mass is 32.1. The Morgan fingerprint density at radius 3 is 2.63 bits per heavy atom. The summed E-state index contributed by atoms with van der Waals surface area (Å²) in [6, 6.07) is 12.9. The van der Waals surface area contributed by atoms with Gasteiger partial charge in [-0.25, -0.2) is 0 Å². The van der Waals surface area contributed by atoms with E-state index in [1.54, 1.807) is 32.4 Å². The standard InChI is InChI=1S/C22H19N3O4S/c1-4-11-29-17-10-9-14(12-18(17)28-3)13-19-21(26)25-22(30-19)23-20(24-25)15-7-5-6-8-16(15)27-2/h4-10,12-13H,1,11H2,2-3H3/b19-13+. The molecule has 0 radical (unpaired) electrons. The number of hydrogen-bond acceptors (Lipinski definition) is 7. The van der Waals surface area contributed by atoms with Crippen molar-refractivity contribution in [3.05, 3.63) is 75.6 Å². The minimum atomic E-state index is -0.227. The molecule has 2 aromatic heterocycles. The molecular formula is C22H19N3O4S. The predicted molar refractivity (Wildman–Crippen MR) is 117 cm³/mol. The lowest BCUT2D eigenvalue weighted by Gasteiger charge is -2.09. The van der Waals surface area contributed by atoms with Crippen LogP contribution in [0.5, 0.6) is 17.2 Å². The molecule has 0 N–H and O–H groups in total. The minimum absolute atomic E-state index is 0.227. The number of nitrogens with zero attached hydrogens (tertiary/aromatic N) is 3. The number of hydrogen-bond donors (Lipinski definition) is 0. The summed E-state index contributed by atoms with van der Waals surface area (Å²) in [5.74, 6) is 2.30. The lowest BCUT2D eigenvalue weighted by atomic mass is 10.2. The molecule has 2 aromatic carbocycles. The molecule has 30 heavy (non-hydrogen) atoms. The SMILES string of the molecule is C=CCOc1ccc(/C=c2/sc3nc(-c4ccccc4OC)nn3c2=O)cc1OC. The van der Waals surface area contributed by atoms with E-state index in [4.69, 9.17) is 14.2 Å². The average Bonchev–Trinajstić information content (AvgIpc) is 3.32. The van der Waals surface area contributed by atoms with Gasteiger partial charge in [-0.2, -0.15) is 9.50 Å². The molecule has 0 amide bonds. The van der Waals surface area contributed by atoms with Crippen molar-refractivity contribution in [2.45, 2.75) is 0 Å². The molecule has 0 saturated carbocycles. The second kappa shape index (κ2) is 8.38. The van der Waals surface area contributed by atoms with Gasteiger partial charge in [0.2, 0.25) is 4.96 Å². The summed E-state index contributed by atoms with van der Waals surface area (Å²) in [6.07, 6.45) is 3.45. The van der Waals surface area contributed by atoms with Gasteiger partial charge in [0.15, 0.2) is 17.3 Å². The van der Waals surface area contributed by atoms with Crippen molar-refractivity contribution < 1.29 is 14.2 Å². The normalized spacial score (nSPS) is 11.6. The van der Waals surface area contributed by atoms with Crippen LogP contribution >= 0.6 is 11.3 Å². The van der Waals surface area contributed by atoms with E-state index in [1.807, 2.05) is 36.4 Å². The van der Waals surface area contributed by atoms with Crippen LogP contribution in [0.15, 0.2) is 59.9 Å². The zero-order valence-electron chi connectivity index (χ0n) is 16.5. The number of fused-ring (bicyclic) bond motifs is 1. The van der Waals surface area contributed by atoms with Crippen LogP contribution in [0.25, 0.3) is 22.4 Å². The van der Waals surface area contributed by atoms with E-state index in [1.165, 1.54) is 15.9 Å².